The zero-order valence-electron chi connectivity index (χ0n) is 12.0. The molecule has 1 aromatic carbocycles. The fourth-order valence-corrected chi connectivity index (χ4v) is 1.84. The minimum Gasteiger partial charge on any atom is -0.357 e. The van der Waals surface area contributed by atoms with Gasteiger partial charge in [0.15, 0.2) is 5.96 Å². The van der Waals surface area contributed by atoms with Crippen LogP contribution in [0.2, 0.25) is 0 Å². The molecule has 0 fully saturated rings. The molecule has 0 aliphatic heterocycles. The molecule has 0 atom stereocenters. The van der Waals surface area contributed by atoms with Gasteiger partial charge in [-0.3, -0.25) is 4.99 Å². The van der Waals surface area contributed by atoms with Crippen LogP contribution in [-0.2, 0) is 6.42 Å². The summed E-state index contributed by atoms with van der Waals surface area (Å²) < 4.78 is 12.8. The molecule has 0 radical (unpaired) electrons. The maximum absolute atomic E-state index is 12.8. The van der Waals surface area contributed by atoms with Gasteiger partial charge >= 0.3 is 0 Å². The topological polar surface area (TPSA) is 36.4 Å². The van der Waals surface area contributed by atoms with Gasteiger partial charge in [0.25, 0.3) is 0 Å². The Morgan fingerprint density at radius 2 is 1.95 bits per heavy atom. The average Bonchev–Trinajstić information content (AvgIpc) is 2.41. The monoisotopic (exact) mass is 411 g/mol. The first kappa shape index (κ1) is 19.5. The van der Waals surface area contributed by atoms with E-state index in [0.29, 0.717) is 0 Å². The van der Waals surface area contributed by atoms with Crippen molar-refractivity contribution in [2.45, 2.75) is 13.3 Å². The molecule has 1 rings (SSSR count). The van der Waals surface area contributed by atoms with Crippen LogP contribution in [0.3, 0.4) is 0 Å². The van der Waals surface area contributed by atoms with Crippen molar-refractivity contribution in [2.75, 3.05) is 31.6 Å². The lowest BCUT2D eigenvalue weighted by Crippen LogP contribution is -2.38. The smallest absolute Gasteiger partial charge is 0.191 e. The Kier molecular flexibility index (Phi) is 12.0. The highest BCUT2D eigenvalue weighted by atomic mass is 127. The lowest BCUT2D eigenvalue weighted by Gasteiger charge is -2.11. The summed E-state index contributed by atoms with van der Waals surface area (Å²) in [6.07, 6.45) is 2.93. The third-order valence-corrected chi connectivity index (χ3v) is 3.12. The summed E-state index contributed by atoms with van der Waals surface area (Å²) in [7, 11) is 0. The molecule has 0 heterocycles. The Labute approximate surface area is 142 Å². The molecule has 6 heteroatoms. The van der Waals surface area contributed by atoms with Crippen LogP contribution in [0.5, 0.6) is 0 Å². The molecular formula is C14H23FIN3S. The molecule has 1 aromatic rings. The van der Waals surface area contributed by atoms with Crippen molar-refractivity contribution in [1.82, 2.24) is 10.6 Å². The van der Waals surface area contributed by atoms with Gasteiger partial charge in [0, 0.05) is 18.8 Å². The largest absolute Gasteiger partial charge is 0.357 e. The zero-order chi connectivity index (χ0) is 13.9. The second-order valence-electron chi connectivity index (χ2n) is 4.06. The van der Waals surface area contributed by atoms with E-state index in [1.165, 1.54) is 12.1 Å². The quantitative estimate of drug-likeness (QED) is 0.314. The van der Waals surface area contributed by atoms with E-state index in [0.717, 1.165) is 43.3 Å². The minimum atomic E-state index is -0.191. The first-order valence-corrected chi connectivity index (χ1v) is 7.91. The predicted octanol–water partition coefficient (Wildman–Crippen LogP) is 2.90. The van der Waals surface area contributed by atoms with Crippen molar-refractivity contribution in [3.05, 3.63) is 35.6 Å². The van der Waals surface area contributed by atoms with Crippen LogP contribution in [0.25, 0.3) is 0 Å². The number of halogens is 2. The third-order valence-electron chi connectivity index (χ3n) is 2.53. The number of hydrogen-bond donors (Lipinski definition) is 2. The van der Waals surface area contributed by atoms with Crippen LogP contribution in [0.1, 0.15) is 12.5 Å². The molecule has 0 aliphatic rings. The maximum Gasteiger partial charge on any atom is 0.191 e. The van der Waals surface area contributed by atoms with Crippen molar-refractivity contribution < 1.29 is 4.39 Å². The van der Waals surface area contributed by atoms with Crippen molar-refractivity contribution in [3.8, 4) is 0 Å². The van der Waals surface area contributed by atoms with Crippen molar-refractivity contribution in [2.24, 2.45) is 4.99 Å². The second-order valence-corrected chi connectivity index (χ2v) is 5.04. The van der Waals surface area contributed by atoms with E-state index in [1.54, 1.807) is 11.8 Å². The molecule has 114 valence electrons. The van der Waals surface area contributed by atoms with Gasteiger partial charge in [0.05, 0.1) is 6.54 Å². The highest BCUT2D eigenvalue weighted by Crippen LogP contribution is 2.02. The SMILES string of the molecule is CCNC(=NCCSC)NCCc1ccc(F)cc1.I. The molecular weight excluding hydrogens is 388 g/mol. The van der Waals surface area contributed by atoms with Crippen LogP contribution in [0.15, 0.2) is 29.3 Å². The highest BCUT2D eigenvalue weighted by molar-refractivity contribution is 14.0. The Morgan fingerprint density at radius 1 is 1.25 bits per heavy atom. The van der Waals surface area contributed by atoms with Crippen molar-refractivity contribution in [3.63, 3.8) is 0 Å². The number of nitrogens with one attached hydrogen (secondary N) is 2. The van der Waals surface area contributed by atoms with E-state index in [9.17, 15) is 4.39 Å². The lowest BCUT2D eigenvalue weighted by atomic mass is 10.1. The van der Waals surface area contributed by atoms with Gasteiger partial charge in [-0.05, 0) is 37.3 Å². The van der Waals surface area contributed by atoms with Crippen LogP contribution < -0.4 is 10.6 Å². The number of rotatable bonds is 7. The highest BCUT2D eigenvalue weighted by Gasteiger charge is 1.98. The number of guanidine groups is 1. The first-order chi connectivity index (χ1) is 9.26. The molecule has 2 N–H and O–H groups in total. The average molecular weight is 411 g/mol. The number of thioether (sulfide) groups is 1. The van der Waals surface area contributed by atoms with E-state index in [-0.39, 0.29) is 29.8 Å². The first-order valence-electron chi connectivity index (χ1n) is 6.51. The number of benzene rings is 1. The van der Waals surface area contributed by atoms with Gasteiger partial charge in [-0.15, -0.1) is 24.0 Å². The fraction of sp³-hybridized carbons (Fsp3) is 0.500. The molecule has 20 heavy (non-hydrogen) atoms. The Hall–Kier alpha value is -0.500. The van der Waals surface area contributed by atoms with E-state index in [4.69, 9.17) is 0 Å². The lowest BCUT2D eigenvalue weighted by molar-refractivity contribution is 0.626. The maximum atomic E-state index is 12.8. The van der Waals surface area contributed by atoms with Crippen LogP contribution in [0.4, 0.5) is 4.39 Å². The van der Waals surface area contributed by atoms with E-state index in [2.05, 4.69) is 21.9 Å². The molecule has 0 bridgehead atoms. The number of nitrogens with zero attached hydrogens (tertiary/aromatic N) is 1. The molecule has 0 spiro atoms. The molecule has 0 aliphatic carbocycles. The summed E-state index contributed by atoms with van der Waals surface area (Å²) in [6, 6.07) is 6.61. The summed E-state index contributed by atoms with van der Waals surface area (Å²) in [5.41, 5.74) is 1.12. The molecule has 0 saturated heterocycles. The van der Waals surface area contributed by atoms with Gasteiger partial charge in [-0.1, -0.05) is 12.1 Å². The normalized spacial score (nSPS) is 10.8. The third kappa shape index (κ3) is 8.63. The Balaban J connectivity index is 0.00000361. The van der Waals surface area contributed by atoms with Gasteiger partial charge in [-0.25, -0.2) is 4.39 Å². The summed E-state index contributed by atoms with van der Waals surface area (Å²) in [5, 5.41) is 6.49. The number of hydrogen-bond acceptors (Lipinski definition) is 2. The van der Waals surface area contributed by atoms with Gasteiger partial charge < -0.3 is 10.6 Å². The van der Waals surface area contributed by atoms with E-state index < -0.39 is 0 Å². The molecule has 0 aromatic heterocycles. The van der Waals surface area contributed by atoms with Gasteiger partial charge in [0.2, 0.25) is 0 Å². The van der Waals surface area contributed by atoms with Crippen molar-refractivity contribution >= 4 is 41.7 Å². The standard InChI is InChI=1S/C14H22FN3S.HI/c1-3-16-14(18-10-11-19-2)17-9-8-12-4-6-13(15)7-5-12;/h4-7H,3,8-11H2,1-2H3,(H2,16,17,18);1H. The van der Waals surface area contributed by atoms with Crippen LogP contribution in [0, 0.1) is 5.82 Å². The summed E-state index contributed by atoms with van der Waals surface area (Å²) in [5.74, 6) is 1.68. The Morgan fingerprint density at radius 3 is 2.55 bits per heavy atom. The van der Waals surface area contributed by atoms with Gasteiger partial charge in [0.1, 0.15) is 5.82 Å². The number of aliphatic imine (C=N–C) groups is 1. The van der Waals surface area contributed by atoms with Crippen LogP contribution in [-0.4, -0.2) is 37.6 Å². The van der Waals surface area contributed by atoms with E-state index >= 15 is 0 Å². The summed E-state index contributed by atoms with van der Waals surface area (Å²) in [6.45, 7) is 4.50. The minimum absolute atomic E-state index is 0. The van der Waals surface area contributed by atoms with Crippen LogP contribution >= 0.6 is 35.7 Å². The van der Waals surface area contributed by atoms with E-state index in [1.807, 2.05) is 19.1 Å². The van der Waals surface area contributed by atoms with Gasteiger partial charge in [-0.2, -0.15) is 11.8 Å². The predicted molar refractivity (Wildman–Crippen MR) is 97.9 cm³/mol. The van der Waals surface area contributed by atoms with Crippen molar-refractivity contribution in [1.29, 1.82) is 0 Å². The summed E-state index contributed by atoms with van der Waals surface area (Å²) >= 11 is 1.79. The molecule has 0 saturated carbocycles. The zero-order valence-corrected chi connectivity index (χ0v) is 15.1. The fourth-order valence-electron chi connectivity index (χ4n) is 1.57. The Bertz CT molecular complexity index is 385. The molecule has 3 nitrogen and oxygen atoms in total. The molecule has 0 unspecified atom stereocenters. The molecule has 0 amide bonds. The summed E-state index contributed by atoms with van der Waals surface area (Å²) in [4.78, 5) is 4.46. The second kappa shape index (κ2) is 12.3.